The van der Waals surface area contributed by atoms with E-state index in [1.807, 2.05) is 21.8 Å². The SMILES string of the molecule is COCC1CCn2nccc2CN1C(=O)CC1=CCCCC1. The van der Waals surface area contributed by atoms with E-state index >= 15 is 0 Å². The summed E-state index contributed by atoms with van der Waals surface area (Å²) in [5.74, 6) is 0.227. The van der Waals surface area contributed by atoms with Crippen LogP contribution in [-0.4, -0.2) is 40.3 Å². The van der Waals surface area contributed by atoms with Gasteiger partial charge in [-0.3, -0.25) is 9.48 Å². The van der Waals surface area contributed by atoms with Gasteiger partial charge in [-0.1, -0.05) is 11.6 Å². The lowest BCUT2D eigenvalue weighted by Crippen LogP contribution is -2.41. The number of fused-ring (bicyclic) bond motifs is 1. The van der Waals surface area contributed by atoms with Crippen LogP contribution in [0.5, 0.6) is 0 Å². The Kier molecular flexibility index (Phi) is 4.93. The Balaban J connectivity index is 1.74. The van der Waals surface area contributed by atoms with Crippen LogP contribution in [0.25, 0.3) is 0 Å². The van der Waals surface area contributed by atoms with Crippen LogP contribution in [0, 0.1) is 0 Å². The minimum Gasteiger partial charge on any atom is -0.383 e. The molecule has 0 saturated carbocycles. The highest BCUT2D eigenvalue weighted by Crippen LogP contribution is 2.24. The first-order chi connectivity index (χ1) is 10.8. The monoisotopic (exact) mass is 303 g/mol. The molecule has 1 unspecified atom stereocenters. The fraction of sp³-hybridized carbons (Fsp3) is 0.647. The van der Waals surface area contributed by atoms with Crippen molar-refractivity contribution >= 4 is 5.91 Å². The molecule has 0 saturated heterocycles. The lowest BCUT2D eigenvalue weighted by atomic mass is 9.96. The Morgan fingerprint density at radius 2 is 2.36 bits per heavy atom. The molecule has 22 heavy (non-hydrogen) atoms. The zero-order valence-corrected chi connectivity index (χ0v) is 13.3. The van der Waals surface area contributed by atoms with Gasteiger partial charge in [0.05, 0.1) is 24.9 Å². The first kappa shape index (κ1) is 15.3. The number of carbonyl (C=O) groups excluding carboxylic acids is 1. The second-order valence-electron chi connectivity index (χ2n) is 6.25. The third kappa shape index (κ3) is 3.40. The van der Waals surface area contributed by atoms with Crippen LogP contribution in [0.15, 0.2) is 23.9 Å². The van der Waals surface area contributed by atoms with Crippen molar-refractivity contribution in [2.24, 2.45) is 0 Å². The van der Waals surface area contributed by atoms with E-state index in [1.54, 1.807) is 7.11 Å². The van der Waals surface area contributed by atoms with Crippen molar-refractivity contribution in [1.82, 2.24) is 14.7 Å². The third-order valence-corrected chi connectivity index (χ3v) is 4.69. The second-order valence-corrected chi connectivity index (χ2v) is 6.25. The van der Waals surface area contributed by atoms with E-state index in [-0.39, 0.29) is 11.9 Å². The van der Waals surface area contributed by atoms with Gasteiger partial charge in [-0.15, -0.1) is 0 Å². The molecule has 0 fully saturated rings. The predicted octanol–water partition coefficient (Wildman–Crippen LogP) is 2.52. The zero-order chi connectivity index (χ0) is 15.4. The van der Waals surface area contributed by atoms with Gasteiger partial charge in [0.2, 0.25) is 5.91 Å². The molecule has 0 radical (unpaired) electrons. The van der Waals surface area contributed by atoms with Crippen molar-refractivity contribution in [2.75, 3.05) is 13.7 Å². The summed E-state index contributed by atoms with van der Waals surface area (Å²) in [6, 6.07) is 2.15. The maximum absolute atomic E-state index is 12.8. The zero-order valence-electron chi connectivity index (χ0n) is 13.3. The molecule has 0 aromatic carbocycles. The molecule has 1 aromatic rings. The molecule has 0 N–H and O–H groups in total. The largest absolute Gasteiger partial charge is 0.383 e. The molecule has 1 aliphatic heterocycles. The molecule has 5 nitrogen and oxygen atoms in total. The Morgan fingerprint density at radius 1 is 1.45 bits per heavy atom. The van der Waals surface area contributed by atoms with Gasteiger partial charge in [0.15, 0.2) is 0 Å². The summed E-state index contributed by atoms with van der Waals surface area (Å²) in [4.78, 5) is 14.8. The van der Waals surface area contributed by atoms with Crippen molar-refractivity contribution in [1.29, 1.82) is 0 Å². The fourth-order valence-electron chi connectivity index (χ4n) is 3.44. The molecule has 5 heteroatoms. The van der Waals surface area contributed by atoms with Gasteiger partial charge in [-0.2, -0.15) is 5.10 Å². The molecule has 120 valence electrons. The molecule has 1 aliphatic carbocycles. The van der Waals surface area contributed by atoms with Crippen molar-refractivity contribution in [3.8, 4) is 0 Å². The number of amides is 1. The van der Waals surface area contributed by atoms with E-state index in [4.69, 9.17) is 4.74 Å². The number of aryl methyl sites for hydroxylation is 1. The predicted molar refractivity (Wildman–Crippen MR) is 84.2 cm³/mol. The van der Waals surface area contributed by atoms with Crippen molar-refractivity contribution in [2.45, 2.75) is 57.7 Å². The summed E-state index contributed by atoms with van der Waals surface area (Å²) in [5, 5.41) is 4.35. The molecular weight excluding hydrogens is 278 g/mol. The van der Waals surface area contributed by atoms with Crippen molar-refractivity contribution in [3.05, 3.63) is 29.6 Å². The van der Waals surface area contributed by atoms with Crippen LogP contribution in [0.4, 0.5) is 0 Å². The Hall–Kier alpha value is -1.62. The molecule has 1 aromatic heterocycles. The van der Waals surface area contributed by atoms with E-state index < -0.39 is 0 Å². The topological polar surface area (TPSA) is 47.4 Å². The third-order valence-electron chi connectivity index (χ3n) is 4.69. The standard InChI is InChI=1S/C17H25N3O2/c1-22-13-16-8-10-20-15(7-9-18-20)12-19(16)17(21)11-14-5-3-2-4-6-14/h5,7,9,16H,2-4,6,8,10-13H2,1H3. The number of aromatic nitrogens is 2. The Labute approximate surface area is 131 Å². The van der Waals surface area contributed by atoms with Gasteiger partial charge in [-0.25, -0.2) is 0 Å². The number of allylic oxidation sites excluding steroid dienone is 1. The van der Waals surface area contributed by atoms with E-state index in [2.05, 4.69) is 11.2 Å². The lowest BCUT2D eigenvalue weighted by Gasteiger charge is -2.30. The fourth-order valence-corrected chi connectivity index (χ4v) is 3.44. The maximum Gasteiger partial charge on any atom is 0.227 e. The number of carbonyl (C=O) groups is 1. The van der Waals surface area contributed by atoms with Crippen LogP contribution in [-0.2, 0) is 22.6 Å². The normalized spacial score (nSPS) is 22.0. The molecule has 0 bridgehead atoms. The minimum atomic E-state index is 0.142. The smallest absolute Gasteiger partial charge is 0.227 e. The first-order valence-electron chi connectivity index (χ1n) is 8.25. The van der Waals surface area contributed by atoms with Crippen LogP contribution >= 0.6 is 0 Å². The summed E-state index contributed by atoms with van der Waals surface area (Å²) in [5.41, 5.74) is 2.43. The molecular formula is C17H25N3O2. The van der Waals surface area contributed by atoms with E-state index in [9.17, 15) is 4.79 Å². The average molecular weight is 303 g/mol. The number of nitrogens with zero attached hydrogens (tertiary/aromatic N) is 3. The van der Waals surface area contributed by atoms with Gasteiger partial charge < -0.3 is 9.64 Å². The van der Waals surface area contributed by atoms with Crippen molar-refractivity contribution in [3.63, 3.8) is 0 Å². The van der Waals surface area contributed by atoms with Gasteiger partial charge in [0.25, 0.3) is 0 Å². The molecule has 0 spiro atoms. The number of rotatable bonds is 4. The van der Waals surface area contributed by atoms with Gasteiger partial charge in [0.1, 0.15) is 0 Å². The number of hydrogen-bond donors (Lipinski definition) is 0. The number of hydrogen-bond acceptors (Lipinski definition) is 3. The molecule has 1 amide bonds. The van der Waals surface area contributed by atoms with Gasteiger partial charge >= 0.3 is 0 Å². The summed E-state index contributed by atoms with van der Waals surface area (Å²) in [6.45, 7) is 2.08. The minimum absolute atomic E-state index is 0.142. The molecule has 3 rings (SSSR count). The summed E-state index contributed by atoms with van der Waals surface area (Å²) >= 11 is 0. The van der Waals surface area contributed by atoms with Crippen LogP contribution in [0.2, 0.25) is 0 Å². The maximum atomic E-state index is 12.8. The number of ether oxygens (including phenoxy) is 1. The summed E-state index contributed by atoms with van der Waals surface area (Å²) in [7, 11) is 1.70. The first-order valence-corrected chi connectivity index (χ1v) is 8.25. The van der Waals surface area contributed by atoms with Crippen LogP contribution < -0.4 is 0 Å². The van der Waals surface area contributed by atoms with Crippen LogP contribution in [0.3, 0.4) is 0 Å². The van der Waals surface area contributed by atoms with Gasteiger partial charge in [0, 0.05) is 26.3 Å². The second kappa shape index (κ2) is 7.09. The summed E-state index contributed by atoms with van der Waals surface area (Å²) < 4.78 is 7.35. The number of methoxy groups -OCH3 is 1. The molecule has 2 heterocycles. The Morgan fingerprint density at radius 3 is 3.14 bits per heavy atom. The Bertz CT molecular complexity index is 550. The highest BCUT2D eigenvalue weighted by Gasteiger charge is 2.28. The highest BCUT2D eigenvalue weighted by molar-refractivity contribution is 5.79. The van der Waals surface area contributed by atoms with E-state index in [0.29, 0.717) is 19.6 Å². The molecule has 2 aliphatic rings. The van der Waals surface area contributed by atoms with Gasteiger partial charge in [-0.05, 0) is 38.2 Å². The van der Waals surface area contributed by atoms with E-state index in [1.165, 1.54) is 18.4 Å². The quantitative estimate of drug-likeness (QED) is 0.803. The molecule has 1 atom stereocenters. The van der Waals surface area contributed by atoms with Crippen LogP contribution in [0.1, 0.15) is 44.2 Å². The lowest BCUT2D eigenvalue weighted by molar-refractivity contribution is -0.134. The highest BCUT2D eigenvalue weighted by atomic mass is 16.5. The summed E-state index contributed by atoms with van der Waals surface area (Å²) in [6.07, 6.45) is 10.2. The van der Waals surface area contributed by atoms with E-state index in [0.717, 1.165) is 31.5 Å². The average Bonchev–Trinajstić information content (AvgIpc) is 2.90. The van der Waals surface area contributed by atoms with Crippen molar-refractivity contribution < 1.29 is 9.53 Å².